The minimum Gasteiger partial charge on any atom is -0.329 e. The molecule has 0 atom stereocenters. The van der Waals surface area contributed by atoms with Crippen molar-refractivity contribution in [3.05, 3.63) is 114 Å². The molecule has 3 rings (SSSR count). The van der Waals surface area contributed by atoms with Crippen molar-refractivity contribution in [1.29, 1.82) is 0 Å². The van der Waals surface area contributed by atoms with Crippen LogP contribution in [0.3, 0.4) is 0 Å². The van der Waals surface area contributed by atoms with Crippen LogP contribution in [-0.2, 0) is 11.1 Å². The average molecular weight is 554 g/mol. The van der Waals surface area contributed by atoms with Crippen LogP contribution < -0.4 is 26.8 Å². The molecule has 0 unspecified atom stereocenters. The Bertz CT molecular complexity index is 1470. The molecular weight excluding hydrogens is 514 g/mol. The van der Waals surface area contributed by atoms with E-state index in [1.807, 2.05) is 90.1 Å². The van der Waals surface area contributed by atoms with Gasteiger partial charge in [0.1, 0.15) is 0 Å². The molecule has 0 bridgehead atoms. The normalized spacial score (nSPS) is 11.2. The van der Waals surface area contributed by atoms with Gasteiger partial charge < -0.3 is 16.0 Å². The molecule has 0 aliphatic carbocycles. The second kappa shape index (κ2) is 12.6. The Morgan fingerprint density at radius 2 is 1.07 bits per heavy atom. The van der Waals surface area contributed by atoms with Crippen molar-refractivity contribution < 1.29 is 14.4 Å². The summed E-state index contributed by atoms with van der Waals surface area (Å²) in [5.74, 6) is -0.503. The highest BCUT2D eigenvalue weighted by Gasteiger charge is 2.24. The van der Waals surface area contributed by atoms with Crippen LogP contribution in [0.4, 0.5) is 15.3 Å². The molecule has 3 aromatic rings. The van der Waals surface area contributed by atoms with E-state index in [0.717, 1.165) is 33.4 Å². The fraction of sp³-hybridized carbons (Fsp3) is 0.242. The largest absolute Gasteiger partial charge is 0.334 e. The molecule has 0 heterocycles. The summed E-state index contributed by atoms with van der Waals surface area (Å²) in [6.45, 7) is 19.4. The van der Waals surface area contributed by atoms with Crippen molar-refractivity contribution in [3.8, 4) is 0 Å². The lowest BCUT2D eigenvalue weighted by atomic mass is 9.92. The van der Waals surface area contributed by atoms with Gasteiger partial charge in [0.15, 0.2) is 0 Å². The van der Waals surface area contributed by atoms with Gasteiger partial charge in [-0.05, 0) is 100 Å². The number of hydrazine groups is 1. The maximum Gasteiger partial charge on any atom is 0.334 e. The van der Waals surface area contributed by atoms with Crippen LogP contribution in [0, 0.1) is 0 Å². The highest BCUT2D eigenvalue weighted by atomic mass is 16.2. The Hall–Kier alpha value is -4.85. The van der Waals surface area contributed by atoms with Crippen molar-refractivity contribution in [2.75, 3.05) is 5.32 Å². The van der Waals surface area contributed by atoms with E-state index in [1.54, 1.807) is 24.3 Å². The number of rotatable bonds is 8. The predicted octanol–water partition coefficient (Wildman–Crippen LogP) is 6.69. The first-order chi connectivity index (χ1) is 19.2. The van der Waals surface area contributed by atoms with Crippen molar-refractivity contribution in [3.63, 3.8) is 0 Å². The van der Waals surface area contributed by atoms with Crippen LogP contribution in [0.25, 0.3) is 11.1 Å². The fourth-order valence-corrected chi connectivity index (χ4v) is 4.14. The van der Waals surface area contributed by atoms with E-state index in [1.165, 1.54) is 0 Å². The summed E-state index contributed by atoms with van der Waals surface area (Å²) in [5, 5.41) is 8.63. The van der Waals surface area contributed by atoms with E-state index in [4.69, 9.17) is 0 Å². The standard InChI is InChI=1S/C33H39N5O3/c1-21(2)24-11-9-13-26(19-24)32(5,6)35-30(40)34-28-17-15-23(16-18-28)29(39)37-38-31(41)36-33(7,8)27-14-10-12-25(20-27)22(3)4/h9-20H,1,3H2,2,4-8H3,(H,37,39)(H2,34,35,40)(H2,36,38,41). The number of hydrogen-bond acceptors (Lipinski definition) is 3. The summed E-state index contributed by atoms with van der Waals surface area (Å²) in [6.07, 6.45) is 0. The molecule has 0 aliphatic rings. The van der Waals surface area contributed by atoms with Gasteiger partial charge in [0.2, 0.25) is 0 Å². The number of allylic oxidation sites excluding steroid dienone is 2. The highest BCUT2D eigenvalue weighted by molar-refractivity contribution is 5.96. The third-order valence-corrected chi connectivity index (χ3v) is 6.70. The number of benzene rings is 3. The molecule has 0 saturated carbocycles. The smallest absolute Gasteiger partial charge is 0.329 e. The minimum absolute atomic E-state index is 0.307. The Labute approximate surface area is 242 Å². The number of carbonyl (C=O) groups excluding carboxylic acids is 3. The Kier molecular flexibility index (Phi) is 9.39. The summed E-state index contributed by atoms with van der Waals surface area (Å²) in [5.41, 5.74) is 9.99. The maximum atomic E-state index is 12.7. The average Bonchev–Trinajstić information content (AvgIpc) is 2.91. The molecule has 214 valence electrons. The van der Waals surface area contributed by atoms with E-state index in [9.17, 15) is 14.4 Å². The third-order valence-electron chi connectivity index (χ3n) is 6.70. The van der Waals surface area contributed by atoms with Gasteiger partial charge in [0.25, 0.3) is 5.91 Å². The molecule has 8 heteroatoms. The molecule has 5 amide bonds. The molecule has 0 aliphatic heterocycles. The quantitative estimate of drug-likeness (QED) is 0.200. The van der Waals surface area contributed by atoms with Gasteiger partial charge in [-0.3, -0.25) is 10.2 Å². The zero-order valence-electron chi connectivity index (χ0n) is 24.6. The van der Waals surface area contributed by atoms with Gasteiger partial charge in [-0.1, -0.05) is 60.7 Å². The molecule has 0 spiro atoms. The maximum absolute atomic E-state index is 12.7. The van der Waals surface area contributed by atoms with Crippen LogP contribution in [0.5, 0.6) is 0 Å². The number of anilines is 1. The summed E-state index contributed by atoms with van der Waals surface area (Å²) >= 11 is 0. The molecule has 0 saturated heterocycles. The van der Waals surface area contributed by atoms with Gasteiger partial charge in [-0.25, -0.2) is 15.0 Å². The van der Waals surface area contributed by atoms with Gasteiger partial charge in [0.05, 0.1) is 11.1 Å². The number of amides is 5. The Morgan fingerprint density at radius 3 is 1.54 bits per heavy atom. The zero-order valence-corrected chi connectivity index (χ0v) is 24.6. The van der Waals surface area contributed by atoms with Crippen molar-refractivity contribution in [2.24, 2.45) is 0 Å². The van der Waals surface area contributed by atoms with Crippen molar-refractivity contribution >= 4 is 34.8 Å². The predicted molar refractivity (Wildman–Crippen MR) is 166 cm³/mol. The van der Waals surface area contributed by atoms with Gasteiger partial charge in [-0.2, -0.15) is 0 Å². The van der Waals surface area contributed by atoms with Crippen LogP contribution >= 0.6 is 0 Å². The number of nitrogens with one attached hydrogen (secondary N) is 5. The summed E-state index contributed by atoms with van der Waals surface area (Å²) in [4.78, 5) is 37.8. The topological polar surface area (TPSA) is 111 Å². The monoisotopic (exact) mass is 553 g/mol. The lowest BCUT2D eigenvalue weighted by Gasteiger charge is -2.27. The van der Waals surface area contributed by atoms with E-state index < -0.39 is 23.0 Å². The summed E-state index contributed by atoms with van der Waals surface area (Å²) in [7, 11) is 0. The number of carbonyl (C=O) groups is 3. The second-order valence-corrected chi connectivity index (χ2v) is 11.2. The van der Waals surface area contributed by atoms with Crippen molar-refractivity contribution in [2.45, 2.75) is 52.6 Å². The lowest BCUT2D eigenvalue weighted by molar-refractivity contribution is 0.0935. The number of hydrogen-bond donors (Lipinski definition) is 5. The number of urea groups is 2. The van der Waals surface area contributed by atoms with E-state index in [0.29, 0.717) is 11.3 Å². The molecule has 3 aromatic carbocycles. The lowest BCUT2D eigenvalue weighted by Crippen LogP contribution is -2.52. The fourth-order valence-electron chi connectivity index (χ4n) is 4.14. The molecule has 0 aromatic heterocycles. The summed E-state index contributed by atoms with van der Waals surface area (Å²) in [6, 6.07) is 21.0. The highest BCUT2D eigenvalue weighted by Crippen LogP contribution is 2.25. The van der Waals surface area contributed by atoms with Crippen LogP contribution in [-0.4, -0.2) is 18.0 Å². The Balaban J connectivity index is 1.53. The van der Waals surface area contributed by atoms with E-state index in [2.05, 4.69) is 40.0 Å². The molecule has 41 heavy (non-hydrogen) atoms. The molecule has 0 fully saturated rings. The zero-order chi connectivity index (χ0) is 30.4. The first kappa shape index (κ1) is 30.7. The molecule has 5 N–H and O–H groups in total. The van der Waals surface area contributed by atoms with Crippen LogP contribution in [0.15, 0.2) is 86.0 Å². The second-order valence-electron chi connectivity index (χ2n) is 11.2. The van der Waals surface area contributed by atoms with Gasteiger partial charge >= 0.3 is 12.1 Å². The SMILES string of the molecule is C=C(C)c1cccc(C(C)(C)NC(=O)NNC(=O)c2ccc(NC(=O)NC(C)(C)c3cccc(C(=C)C)c3)cc2)c1. The van der Waals surface area contributed by atoms with E-state index >= 15 is 0 Å². The van der Waals surface area contributed by atoms with E-state index in [-0.39, 0.29) is 6.03 Å². The first-order valence-electron chi connectivity index (χ1n) is 13.3. The first-order valence-corrected chi connectivity index (χ1v) is 13.3. The summed E-state index contributed by atoms with van der Waals surface area (Å²) < 4.78 is 0. The van der Waals surface area contributed by atoms with Crippen LogP contribution in [0.2, 0.25) is 0 Å². The van der Waals surface area contributed by atoms with Crippen molar-refractivity contribution in [1.82, 2.24) is 21.5 Å². The van der Waals surface area contributed by atoms with Gasteiger partial charge in [0, 0.05) is 11.3 Å². The Morgan fingerprint density at radius 1 is 0.610 bits per heavy atom. The molecule has 0 radical (unpaired) electrons. The minimum atomic E-state index is -0.698. The molecule has 8 nitrogen and oxygen atoms in total. The van der Waals surface area contributed by atoms with Crippen LogP contribution in [0.1, 0.15) is 74.2 Å². The third kappa shape index (κ3) is 8.32. The molecular formula is C33H39N5O3. The van der Waals surface area contributed by atoms with Gasteiger partial charge in [-0.15, -0.1) is 0 Å².